The van der Waals surface area contributed by atoms with Gasteiger partial charge in [-0.2, -0.15) is 0 Å². The second-order valence-electron chi connectivity index (χ2n) is 18.8. The van der Waals surface area contributed by atoms with Crippen molar-refractivity contribution in [2.45, 2.75) is 52.4 Å². The summed E-state index contributed by atoms with van der Waals surface area (Å²) >= 11 is 0. The van der Waals surface area contributed by atoms with Crippen molar-refractivity contribution in [1.29, 1.82) is 0 Å². The van der Waals surface area contributed by atoms with Crippen LogP contribution in [0.15, 0.2) is 176 Å². The Morgan fingerprint density at radius 2 is 1.13 bits per heavy atom. The summed E-state index contributed by atoms with van der Waals surface area (Å²) in [5.41, 5.74) is 16.3. The molecule has 0 saturated carbocycles. The van der Waals surface area contributed by atoms with Gasteiger partial charge in [0.25, 0.3) is 0 Å². The molecule has 0 atom stereocenters. The molecule has 4 heterocycles. The van der Waals surface area contributed by atoms with E-state index in [0.717, 1.165) is 61.3 Å². The maximum atomic E-state index is 5.67. The van der Waals surface area contributed by atoms with Crippen LogP contribution in [-0.2, 0) is 10.8 Å². The number of aromatic amines is 1. The van der Waals surface area contributed by atoms with Gasteiger partial charge >= 0.3 is 0 Å². The number of aromatic nitrogens is 4. The van der Waals surface area contributed by atoms with Gasteiger partial charge in [0.15, 0.2) is 0 Å². The average molecular weight is 801 g/mol. The fourth-order valence-corrected chi connectivity index (χ4v) is 9.26. The third-order valence-corrected chi connectivity index (χ3v) is 12.6. The molecular formula is C58H48N4. The average Bonchev–Trinajstić information content (AvgIpc) is 3.84. The van der Waals surface area contributed by atoms with Gasteiger partial charge in [-0.1, -0.05) is 139 Å². The molecule has 0 unspecified atom stereocenters. The maximum Gasteiger partial charge on any atom is 0.145 e. The summed E-state index contributed by atoms with van der Waals surface area (Å²) in [4.78, 5) is 14.6. The minimum Gasteiger partial charge on any atom is -0.354 e. The van der Waals surface area contributed by atoms with Gasteiger partial charge in [-0.05, 0) is 128 Å². The molecule has 0 fully saturated rings. The summed E-state index contributed by atoms with van der Waals surface area (Å²) in [7, 11) is 0. The van der Waals surface area contributed by atoms with E-state index in [0.29, 0.717) is 0 Å². The van der Waals surface area contributed by atoms with Crippen molar-refractivity contribution in [2.24, 2.45) is 0 Å². The molecule has 62 heavy (non-hydrogen) atoms. The van der Waals surface area contributed by atoms with E-state index >= 15 is 0 Å². The number of fused-ring (bicyclic) bond motifs is 8. The molecule has 0 aliphatic heterocycles. The Bertz CT molecular complexity index is 3520. The van der Waals surface area contributed by atoms with E-state index in [1.807, 2.05) is 12.3 Å². The number of hydrogen-bond donors (Lipinski definition) is 1. The molecule has 0 saturated heterocycles. The van der Waals surface area contributed by atoms with E-state index in [2.05, 4.69) is 215 Å². The molecule has 0 aliphatic rings. The van der Waals surface area contributed by atoms with Crippen molar-refractivity contribution in [1.82, 2.24) is 19.5 Å². The topological polar surface area (TPSA) is 46.5 Å². The fraction of sp³-hybridized carbons (Fsp3) is 0.138. The van der Waals surface area contributed by atoms with Crippen molar-refractivity contribution in [3.8, 4) is 50.5 Å². The molecule has 4 heteroatoms. The highest BCUT2D eigenvalue weighted by Crippen LogP contribution is 2.42. The van der Waals surface area contributed by atoms with Crippen LogP contribution in [0.5, 0.6) is 0 Å². The number of H-pyrrole nitrogens is 1. The Kier molecular flexibility index (Phi) is 8.59. The molecule has 0 radical (unpaired) electrons. The Morgan fingerprint density at radius 1 is 0.468 bits per heavy atom. The number of benzene rings is 7. The Balaban J connectivity index is 1.17. The molecule has 0 aliphatic carbocycles. The molecule has 11 rings (SSSR count). The second kappa shape index (κ2) is 14.1. The SMILES string of the molecule is CC(C)(C)c1cc(-c2cc(C(C)(C)C)cc(-c3cc(-c4ccccc4)cc4c3[nH]c3ccc(-c5ccccc5)cc34)n2)cc(-n2c3ccc4ccccc4c3c3cccnc32)c1. The Morgan fingerprint density at radius 3 is 1.89 bits per heavy atom. The minimum absolute atomic E-state index is 0.132. The van der Waals surface area contributed by atoms with Gasteiger partial charge in [0.1, 0.15) is 5.65 Å². The van der Waals surface area contributed by atoms with Gasteiger partial charge in [-0.3, -0.25) is 4.57 Å². The van der Waals surface area contributed by atoms with Gasteiger partial charge in [0.2, 0.25) is 0 Å². The number of rotatable bonds is 5. The first-order chi connectivity index (χ1) is 30.0. The molecule has 300 valence electrons. The van der Waals surface area contributed by atoms with E-state index in [1.54, 1.807) is 0 Å². The molecule has 4 nitrogen and oxygen atoms in total. The van der Waals surface area contributed by atoms with Crippen LogP contribution in [0.2, 0.25) is 0 Å². The first kappa shape index (κ1) is 37.7. The lowest BCUT2D eigenvalue weighted by atomic mass is 9.83. The maximum absolute atomic E-state index is 5.67. The molecule has 11 aromatic rings. The van der Waals surface area contributed by atoms with Crippen molar-refractivity contribution < 1.29 is 0 Å². The monoisotopic (exact) mass is 800 g/mol. The van der Waals surface area contributed by atoms with Gasteiger partial charge in [0, 0.05) is 50.1 Å². The van der Waals surface area contributed by atoms with Crippen LogP contribution < -0.4 is 0 Å². The van der Waals surface area contributed by atoms with Crippen molar-refractivity contribution >= 4 is 54.5 Å². The van der Waals surface area contributed by atoms with Crippen LogP contribution in [0.1, 0.15) is 52.7 Å². The van der Waals surface area contributed by atoms with Crippen molar-refractivity contribution in [3.05, 3.63) is 187 Å². The van der Waals surface area contributed by atoms with Crippen LogP contribution in [0.3, 0.4) is 0 Å². The lowest BCUT2D eigenvalue weighted by molar-refractivity contribution is 0.588. The van der Waals surface area contributed by atoms with E-state index in [-0.39, 0.29) is 10.8 Å². The first-order valence-corrected chi connectivity index (χ1v) is 21.6. The molecule has 1 N–H and O–H groups in total. The number of pyridine rings is 2. The molecular weight excluding hydrogens is 753 g/mol. The summed E-state index contributed by atoms with van der Waals surface area (Å²) in [5, 5.41) is 7.20. The lowest BCUT2D eigenvalue weighted by Gasteiger charge is -2.24. The van der Waals surface area contributed by atoms with Crippen molar-refractivity contribution in [3.63, 3.8) is 0 Å². The van der Waals surface area contributed by atoms with Gasteiger partial charge in [-0.15, -0.1) is 0 Å². The summed E-state index contributed by atoms with van der Waals surface area (Å²) in [6.45, 7) is 13.8. The smallest absolute Gasteiger partial charge is 0.145 e. The van der Waals surface area contributed by atoms with Gasteiger partial charge in [-0.25, -0.2) is 9.97 Å². The van der Waals surface area contributed by atoms with Gasteiger partial charge in [0.05, 0.1) is 22.4 Å². The number of nitrogens with zero attached hydrogens (tertiary/aromatic N) is 3. The Labute approximate surface area is 362 Å². The largest absolute Gasteiger partial charge is 0.354 e. The summed E-state index contributed by atoms with van der Waals surface area (Å²) < 4.78 is 2.35. The van der Waals surface area contributed by atoms with E-state index < -0.39 is 0 Å². The normalized spacial score (nSPS) is 12.4. The van der Waals surface area contributed by atoms with E-state index in [4.69, 9.17) is 9.97 Å². The van der Waals surface area contributed by atoms with Crippen LogP contribution >= 0.6 is 0 Å². The predicted octanol–water partition coefficient (Wildman–Crippen LogP) is 15.6. The zero-order chi connectivity index (χ0) is 42.3. The molecule has 0 amide bonds. The van der Waals surface area contributed by atoms with Crippen LogP contribution in [0.4, 0.5) is 0 Å². The highest BCUT2D eigenvalue weighted by atomic mass is 15.0. The van der Waals surface area contributed by atoms with E-state index in [9.17, 15) is 0 Å². The fourth-order valence-electron chi connectivity index (χ4n) is 9.26. The van der Waals surface area contributed by atoms with Crippen LogP contribution in [-0.4, -0.2) is 19.5 Å². The third-order valence-electron chi connectivity index (χ3n) is 12.6. The number of hydrogen-bond acceptors (Lipinski definition) is 2. The highest BCUT2D eigenvalue weighted by molar-refractivity contribution is 6.20. The quantitative estimate of drug-likeness (QED) is 0.188. The highest BCUT2D eigenvalue weighted by Gasteiger charge is 2.24. The first-order valence-electron chi connectivity index (χ1n) is 21.6. The van der Waals surface area contributed by atoms with E-state index in [1.165, 1.54) is 54.7 Å². The van der Waals surface area contributed by atoms with Crippen LogP contribution in [0, 0.1) is 0 Å². The molecule has 0 bridgehead atoms. The van der Waals surface area contributed by atoms with Crippen molar-refractivity contribution in [2.75, 3.05) is 0 Å². The zero-order valence-electron chi connectivity index (χ0n) is 36.1. The molecule has 4 aromatic heterocycles. The standard InChI is InChI=1S/C58H48N4/c1-57(2,3)42-28-41(29-44(33-42)62-53-26-24-38-20-13-14-21-45(38)54(53)46-22-15-27-59-56(46)62)51-34-43(58(4,5)6)35-52(60-51)49-32-40(37-18-11-8-12-19-37)31-48-47-30-39(36-16-9-7-10-17-36)23-25-50(47)61-55(48)49/h7-35,61H,1-6H3. The zero-order valence-corrected chi connectivity index (χ0v) is 36.1. The minimum atomic E-state index is -0.143. The summed E-state index contributed by atoms with van der Waals surface area (Å²) in [6, 6.07) is 61.9. The number of nitrogens with one attached hydrogen (secondary N) is 1. The Hall–Kier alpha value is -7.30. The third kappa shape index (κ3) is 6.37. The summed E-state index contributed by atoms with van der Waals surface area (Å²) in [6.07, 6.45) is 1.91. The predicted molar refractivity (Wildman–Crippen MR) is 262 cm³/mol. The lowest BCUT2D eigenvalue weighted by Crippen LogP contribution is -2.13. The summed E-state index contributed by atoms with van der Waals surface area (Å²) in [5.74, 6) is 0. The molecule has 7 aromatic carbocycles. The molecule has 0 spiro atoms. The second-order valence-corrected chi connectivity index (χ2v) is 18.8. The van der Waals surface area contributed by atoms with Crippen LogP contribution in [0.25, 0.3) is 105 Å². The van der Waals surface area contributed by atoms with Gasteiger partial charge < -0.3 is 4.98 Å².